The first-order valence-electron chi connectivity index (χ1n) is 2.21. The third-order valence-electron chi connectivity index (χ3n) is 0.366. The van der Waals surface area contributed by atoms with Gasteiger partial charge in [0, 0.05) is 20.1 Å². The molecule has 1 radical (unpaired) electrons. The molecule has 0 saturated heterocycles. The smallest absolute Gasteiger partial charge is 0.414 e. The van der Waals surface area contributed by atoms with Gasteiger partial charge in [0.05, 0.1) is 0 Å². The van der Waals surface area contributed by atoms with Crippen molar-refractivity contribution in [3.63, 3.8) is 0 Å². The third-order valence-corrected chi connectivity index (χ3v) is 0.366. The van der Waals surface area contributed by atoms with Crippen molar-refractivity contribution >= 4 is 23.9 Å². The molecule has 0 bridgehead atoms. The van der Waals surface area contributed by atoms with E-state index >= 15 is 0 Å². The predicted molar refractivity (Wildman–Crippen MR) is 30.5 cm³/mol. The van der Waals surface area contributed by atoms with Crippen molar-refractivity contribution in [2.75, 3.05) is 0 Å². The van der Waals surface area contributed by atoms with Crippen LogP contribution in [0.15, 0.2) is 0 Å². The maximum Gasteiger partial charge on any atom is 0.414 e. The molecule has 9 heteroatoms. The quantitative estimate of drug-likeness (QED) is 0.383. The monoisotopic (exact) mass is 277 g/mol. The summed E-state index contributed by atoms with van der Waals surface area (Å²) in [6, 6.07) is 0. The average molecular weight is 278 g/mol. The molecule has 0 amide bonds. The Morgan fingerprint density at radius 3 is 0.615 bits per heavy atom. The second-order valence-corrected chi connectivity index (χ2v) is 1.22. The van der Waals surface area contributed by atoms with Crippen molar-refractivity contribution in [1.29, 1.82) is 0 Å². The minimum atomic E-state index is -1.82. The molecule has 8 nitrogen and oxygen atoms in total. The number of carbonyl (C=O) groups is 4. The molecule has 75 valence electrons. The Morgan fingerprint density at radius 2 is 0.615 bits per heavy atom. The summed E-state index contributed by atoms with van der Waals surface area (Å²) < 4.78 is 0. The van der Waals surface area contributed by atoms with Crippen LogP contribution in [-0.2, 0) is 39.3 Å². The number of rotatable bonds is 0. The van der Waals surface area contributed by atoms with Crippen LogP contribution >= 0.6 is 0 Å². The third kappa shape index (κ3) is 18.0. The SMILES string of the molecule is O=C(O)C(=O)O.O=C(O)C(=O)O.[Tc]. The normalized spacial score (nSPS) is 6.77. The topological polar surface area (TPSA) is 149 Å². The van der Waals surface area contributed by atoms with Crippen molar-refractivity contribution in [3.05, 3.63) is 0 Å². The van der Waals surface area contributed by atoms with Crippen LogP contribution < -0.4 is 0 Å². The standard InChI is InChI=1S/2C2H2O4.Tc/c2*3-1(4)2(5)6;/h2*(H,3,4)(H,5,6);. The summed E-state index contributed by atoms with van der Waals surface area (Å²) in [5.41, 5.74) is 0. The first-order chi connectivity index (χ1) is 5.29. The minimum Gasteiger partial charge on any atom is -0.473 e. The first kappa shape index (κ1) is 17.6. The molecule has 0 saturated carbocycles. The van der Waals surface area contributed by atoms with E-state index in [1.807, 2.05) is 0 Å². The first-order valence-corrected chi connectivity index (χ1v) is 2.21. The van der Waals surface area contributed by atoms with Crippen LogP contribution in [0.4, 0.5) is 0 Å². The summed E-state index contributed by atoms with van der Waals surface area (Å²) in [5, 5.41) is 29.6. The Morgan fingerprint density at radius 1 is 0.538 bits per heavy atom. The molecule has 0 spiro atoms. The molecule has 0 unspecified atom stereocenters. The maximum absolute atomic E-state index is 9.10. The van der Waals surface area contributed by atoms with Crippen LogP contribution in [0.2, 0.25) is 0 Å². The molecule has 0 fully saturated rings. The molecule has 0 rings (SSSR count). The molecule has 0 aliphatic carbocycles. The number of carboxylic acid groups (broad SMARTS) is 4. The van der Waals surface area contributed by atoms with Gasteiger partial charge in [-0.3, -0.25) is 0 Å². The van der Waals surface area contributed by atoms with Crippen LogP contribution in [-0.4, -0.2) is 44.3 Å². The maximum atomic E-state index is 9.10. The van der Waals surface area contributed by atoms with Crippen LogP contribution in [0.5, 0.6) is 0 Å². The van der Waals surface area contributed by atoms with Crippen molar-refractivity contribution in [2.24, 2.45) is 0 Å². The van der Waals surface area contributed by atoms with E-state index in [1.54, 1.807) is 0 Å². The number of hydrogen-bond donors (Lipinski definition) is 4. The zero-order chi connectivity index (χ0) is 10.3. The van der Waals surface area contributed by atoms with Crippen molar-refractivity contribution < 1.29 is 59.7 Å². The Balaban J connectivity index is -0.000000143. The largest absolute Gasteiger partial charge is 0.473 e. The Labute approximate surface area is 84.1 Å². The fraction of sp³-hybridized carbons (Fsp3) is 0. The summed E-state index contributed by atoms with van der Waals surface area (Å²) in [7, 11) is 0. The van der Waals surface area contributed by atoms with Crippen molar-refractivity contribution in [1.82, 2.24) is 0 Å². The van der Waals surface area contributed by atoms with E-state index in [4.69, 9.17) is 39.6 Å². The van der Waals surface area contributed by atoms with E-state index in [2.05, 4.69) is 0 Å². The van der Waals surface area contributed by atoms with E-state index in [9.17, 15) is 0 Å². The van der Waals surface area contributed by atoms with E-state index in [0.717, 1.165) is 0 Å². The second kappa shape index (κ2) is 8.62. The van der Waals surface area contributed by atoms with Gasteiger partial charge in [0.1, 0.15) is 0 Å². The molecule has 4 N–H and O–H groups in total. The predicted octanol–water partition coefficient (Wildman–Crippen LogP) is -1.69. The van der Waals surface area contributed by atoms with E-state index < -0.39 is 23.9 Å². The van der Waals surface area contributed by atoms with Gasteiger partial charge in [-0.1, -0.05) is 0 Å². The Kier molecular flexibility index (Phi) is 11.7. The van der Waals surface area contributed by atoms with E-state index in [1.165, 1.54) is 0 Å². The van der Waals surface area contributed by atoms with Gasteiger partial charge < -0.3 is 20.4 Å². The molecule has 0 aliphatic heterocycles. The summed E-state index contributed by atoms with van der Waals surface area (Å²) >= 11 is 0. The number of carboxylic acids is 4. The number of hydrogen-bond acceptors (Lipinski definition) is 4. The molecule has 0 heterocycles. The fourth-order valence-corrected chi connectivity index (χ4v) is 0. The van der Waals surface area contributed by atoms with Crippen molar-refractivity contribution in [2.45, 2.75) is 0 Å². The molecular formula is C4H4O8Tc. The van der Waals surface area contributed by atoms with Gasteiger partial charge in [-0.05, 0) is 0 Å². The van der Waals surface area contributed by atoms with Gasteiger partial charge in [0.15, 0.2) is 0 Å². The van der Waals surface area contributed by atoms with Crippen molar-refractivity contribution in [3.8, 4) is 0 Å². The van der Waals surface area contributed by atoms with Crippen LogP contribution in [0, 0.1) is 0 Å². The van der Waals surface area contributed by atoms with Crippen LogP contribution in [0.25, 0.3) is 0 Å². The Hall–Kier alpha value is -1.47. The summed E-state index contributed by atoms with van der Waals surface area (Å²) in [6.45, 7) is 0. The second-order valence-electron chi connectivity index (χ2n) is 1.22. The van der Waals surface area contributed by atoms with E-state index in [-0.39, 0.29) is 20.1 Å². The molecule has 13 heavy (non-hydrogen) atoms. The number of aliphatic carboxylic acids is 4. The van der Waals surface area contributed by atoms with Crippen LogP contribution in [0.1, 0.15) is 0 Å². The fourth-order valence-electron chi connectivity index (χ4n) is 0. The van der Waals surface area contributed by atoms with Gasteiger partial charge in [0.2, 0.25) is 0 Å². The Bertz CT molecular complexity index is 172. The zero-order valence-corrected chi connectivity index (χ0v) is 7.66. The van der Waals surface area contributed by atoms with Gasteiger partial charge in [-0.25, -0.2) is 19.2 Å². The zero-order valence-electron chi connectivity index (χ0n) is 5.80. The molecule has 0 aromatic rings. The minimum absolute atomic E-state index is 0. The average Bonchev–Trinajstić information content (AvgIpc) is 1.88. The van der Waals surface area contributed by atoms with Gasteiger partial charge in [0.25, 0.3) is 0 Å². The molecule has 0 aromatic carbocycles. The molecule has 0 atom stereocenters. The van der Waals surface area contributed by atoms with Crippen LogP contribution in [0.3, 0.4) is 0 Å². The molecule has 0 aromatic heterocycles. The molecular weight excluding hydrogens is 274 g/mol. The van der Waals surface area contributed by atoms with Gasteiger partial charge in [-0.2, -0.15) is 0 Å². The summed E-state index contributed by atoms with van der Waals surface area (Å²) in [4.78, 5) is 36.4. The van der Waals surface area contributed by atoms with E-state index in [0.29, 0.717) is 0 Å². The summed E-state index contributed by atoms with van der Waals surface area (Å²) in [5.74, 6) is -7.30. The molecule has 0 aliphatic rings. The summed E-state index contributed by atoms with van der Waals surface area (Å²) in [6.07, 6.45) is 0. The van der Waals surface area contributed by atoms with Gasteiger partial charge in [-0.15, -0.1) is 0 Å². The van der Waals surface area contributed by atoms with Gasteiger partial charge >= 0.3 is 23.9 Å².